The van der Waals surface area contributed by atoms with Crippen molar-refractivity contribution in [2.75, 3.05) is 13.2 Å². The van der Waals surface area contributed by atoms with E-state index in [1.54, 1.807) is 6.07 Å². The molecular weight excluding hydrogens is 460 g/mol. The Morgan fingerprint density at radius 3 is 2.35 bits per heavy atom. The minimum atomic E-state index is -0.394. The second-order valence-corrected chi connectivity index (χ2v) is 8.17. The van der Waals surface area contributed by atoms with E-state index in [4.69, 9.17) is 44.3 Å². The second-order valence-electron chi connectivity index (χ2n) is 6.92. The van der Waals surface area contributed by atoms with E-state index in [0.717, 1.165) is 23.6 Å². The van der Waals surface area contributed by atoms with Gasteiger partial charge in [0.05, 0.1) is 16.7 Å². The van der Waals surface area contributed by atoms with Gasteiger partial charge in [0, 0.05) is 17.1 Å². The van der Waals surface area contributed by atoms with Gasteiger partial charge in [-0.3, -0.25) is 0 Å². The van der Waals surface area contributed by atoms with Crippen molar-refractivity contribution in [3.63, 3.8) is 0 Å². The topological polar surface area (TPSA) is 30.5 Å². The number of rotatable bonds is 10. The van der Waals surface area contributed by atoms with Gasteiger partial charge in [-0.05, 0) is 67.4 Å². The first-order valence-electron chi connectivity index (χ1n) is 9.93. The van der Waals surface area contributed by atoms with Crippen LogP contribution in [0.2, 0.25) is 15.1 Å². The zero-order valence-corrected chi connectivity index (χ0v) is 19.3. The summed E-state index contributed by atoms with van der Waals surface area (Å²) in [5.41, 5.74) is 2.86. The molecule has 0 fully saturated rings. The largest absolute Gasteiger partial charge is 0.490 e. The van der Waals surface area contributed by atoms with Crippen LogP contribution in [0.5, 0.6) is 11.5 Å². The third-order valence-electron chi connectivity index (χ3n) is 4.59. The van der Waals surface area contributed by atoms with Gasteiger partial charge in [0.15, 0.2) is 11.5 Å². The molecule has 0 radical (unpaired) electrons. The average Bonchev–Trinajstić information content (AvgIpc) is 2.73. The fraction of sp³-hybridized carbons (Fsp3) is 0.250. The van der Waals surface area contributed by atoms with Crippen LogP contribution in [0.3, 0.4) is 0 Å². The first-order chi connectivity index (χ1) is 15.0. The summed E-state index contributed by atoms with van der Waals surface area (Å²) in [7, 11) is 0. The summed E-state index contributed by atoms with van der Waals surface area (Å²) in [6, 6.07) is 15.8. The van der Waals surface area contributed by atoms with E-state index in [0.29, 0.717) is 40.3 Å². The molecule has 0 unspecified atom stereocenters. The maximum Gasteiger partial charge on any atom is 0.180 e. The lowest BCUT2D eigenvalue weighted by Crippen LogP contribution is -2.16. The van der Waals surface area contributed by atoms with Gasteiger partial charge in [-0.25, -0.2) is 4.39 Å². The molecular formula is C24H23Cl3FNO2. The van der Waals surface area contributed by atoms with E-state index < -0.39 is 5.82 Å². The van der Waals surface area contributed by atoms with Crippen molar-refractivity contribution in [3.05, 3.63) is 92.2 Å². The van der Waals surface area contributed by atoms with Crippen molar-refractivity contribution in [3.8, 4) is 11.5 Å². The molecule has 3 nitrogen and oxygen atoms in total. The summed E-state index contributed by atoms with van der Waals surface area (Å²) in [5.74, 6) is 0.603. The molecule has 0 saturated carbocycles. The first-order valence-corrected chi connectivity index (χ1v) is 11.1. The maximum absolute atomic E-state index is 13.2. The fourth-order valence-corrected chi connectivity index (χ4v) is 3.67. The van der Waals surface area contributed by atoms with Gasteiger partial charge in [0.2, 0.25) is 0 Å². The summed E-state index contributed by atoms with van der Waals surface area (Å²) in [4.78, 5) is 0. The lowest BCUT2D eigenvalue weighted by atomic mass is 10.1. The molecule has 31 heavy (non-hydrogen) atoms. The Morgan fingerprint density at radius 1 is 0.871 bits per heavy atom. The number of hydrogen-bond acceptors (Lipinski definition) is 3. The molecule has 1 N–H and O–H groups in total. The van der Waals surface area contributed by atoms with E-state index in [9.17, 15) is 4.39 Å². The Hall–Kier alpha value is -1.98. The highest BCUT2D eigenvalue weighted by Gasteiger charge is 2.14. The monoisotopic (exact) mass is 481 g/mol. The molecule has 0 amide bonds. The Morgan fingerprint density at radius 2 is 1.65 bits per heavy atom. The van der Waals surface area contributed by atoms with Crippen molar-refractivity contribution in [2.24, 2.45) is 0 Å². The van der Waals surface area contributed by atoms with Crippen LogP contribution in [-0.2, 0) is 19.6 Å². The molecule has 0 spiro atoms. The molecule has 164 valence electrons. The lowest BCUT2D eigenvalue weighted by Gasteiger charge is -2.16. The number of nitrogens with one attached hydrogen (secondary N) is 1. The van der Waals surface area contributed by atoms with E-state index in [1.807, 2.05) is 43.3 Å². The molecule has 0 heterocycles. The minimum absolute atomic E-state index is 0.150. The van der Waals surface area contributed by atoms with Crippen LogP contribution >= 0.6 is 34.8 Å². The summed E-state index contributed by atoms with van der Waals surface area (Å²) >= 11 is 18.5. The zero-order chi connectivity index (χ0) is 22.2. The van der Waals surface area contributed by atoms with Gasteiger partial charge in [-0.2, -0.15) is 0 Å². The highest BCUT2D eigenvalue weighted by atomic mass is 35.5. The van der Waals surface area contributed by atoms with Crippen LogP contribution in [0.15, 0.2) is 54.6 Å². The van der Waals surface area contributed by atoms with Gasteiger partial charge < -0.3 is 14.8 Å². The predicted octanol–water partition coefficient (Wildman–Crippen LogP) is 7.10. The van der Waals surface area contributed by atoms with Gasteiger partial charge in [0.25, 0.3) is 0 Å². The third kappa shape index (κ3) is 7.01. The Balaban J connectivity index is 1.62. The van der Waals surface area contributed by atoms with Crippen LogP contribution in [0.4, 0.5) is 4.39 Å². The van der Waals surface area contributed by atoms with Crippen LogP contribution < -0.4 is 14.8 Å². The molecule has 3 aromatic rings. The molecule has 0 aliphatic rings. The molecule has 3 aromatic carbocycles. The van der Waals surface area contributed by atoms with Crippen LogP contribution in [-0.4, -0.2) is 13.2 Å². The Labute approximate surface area is 197 Å². The zero-order valence-electron chi connectivity index (χ0n) is 17.1. The van der Waals surface area contributed by atoms with Crippen molar-refractivity contribution >= 4 is 34.8 Å². The summed E-state index contributed by atoms with van der Waals surface area (Å²) < 4.78 is 24.9. The molecule has 0 aromatic heterocycles. The smallest absolute Gasteiger partial charge is 0.180 e. The van der Waals surface area contributed by atoms with Gasteiger partial charge in [-0.1, -0.05) is 53.0 Å². The van der Waals surface area contributed by atoms with Crippen LogP contribution in [0.1, 0.15) is 23.6 Å². The number of hydrogen-bond donors (Lipinski definition) is 1. The number of ether oxygens (including phenoxy) is 2. The summed E-state index contributed by atoms with van der Waals surface area (Å²) in [5, 5.41) is 4.89. The normalized spacial score (nSPS) is 10.9. The number of benzene rings is 3. The highest BCUT2D eigenvalue weighted by molar-refractivity contribution is 6.32. The third-order valence-corrected chi connectivity index (χ3v) is 5.47. The lowest BCUT2D eigenvalue weighted by molar-refractivity contribution is 0.269. The van der Waals surface area contributed by atoms with Gasteiger partial charge in [-0.15, -0.1) is 0 Å². The van der Waals surface area contributed by atoms with Crippen molar-refractivity contribution in [1.82, 2.24) is 5.32 Å². The summed E-state index contributed by atoms with van der Waals surface area (Å²) in [6.07, 6.45) is 0.892. The molecule has 0 atom stereocenters. The van der Waals surface area contributed by atoms with Gasteiger partial charge >= 0.3 is 0 Å². The molecule has 0 saturated heterocycles. The molecule has 0 aliphatic carbocycles. The van der Waals surface area contributed by atoms with E-state index in [-0.39, 0.29) is 6.61 Å². The van der Waals surface area contributed by atoms with Crippen molar-refractivity contribution in [2.45, 2.75) is 26.5 Å². The Bertz CT molecular complexity index is 1010. The van der Waals surface area contributed by atoms with Crippen molar-refractivity contribution in [1.29, 1.82) is 0 Å². The second kappa shape index (κ2) is 11.6. The number of halogens is 4. The first kappa shape index (κ1) is 23.7. The maximum atomic E-state index is 13.2. The van der Waals surface area contributed by atoms with Crippen LogP contribution in [0, 0.1) is 5.82 Å². The van der Waals surface area contributed by atoms with Crippen molar-refractivity contribution < 1.29 is 13.9 Å². The highest BCUT2D eigenvalue weighted by Crippen LogP contribution is 2.37. The fourth-order valence-electron chi connectivity index (χ4n) is 3.03. The van der Waals surface area contributed by atoms with E-state index >= 15 is 0 Å². The summed E-state index contributed by atoms with van der Waals surface area (Å²) in [6.45, 7) is 3.96. The van der Waals surface area contributed by atoms with Crippen LogP contribution in [0.25, 0.3) is 0 Å². The van der Waals surface area contributed by atoms with E-state index in [1.165, 1.54) is 17.7 Å². The van der Waals surface area contributed by atoms with E-state index in [2.05, 4.69) is 5.32 Å². The molecule has 7 heteroatoms. The minimum Gasteiger partial charge on any atom is -0.490 e. The molecule has 0 bridgehead atoms. The molecule has 3 rings (SSSR count). The van der Waals surface area contributed by atoms with Gasteiger partial charge in [0.1, 0.15) is 12.4 Å². The predicted molar refractivity (Wildman–Crippen MR) is 125 cm³/mol. The SMILES string of the molecule is CCOc1cc(CNCCc2ccc(Cl)cc2)cc(Cl)c1OCc1ccc(F)cc1Cl. The quantitative estimate of drug-likeness (QED) is 0.313. The average molecular weight is 483 g/mol. The Kier molecular flexibility index (Phi) is 8.85. The standard InChI is InChI=1S/C24H23Cl3FNO2/c1-2-30-23-12-17(14-29-10-9-16-3-6-19(25)7-4-16)11-22(27)24(23)31-15-18-5-8-20(28)13-21(18)26/h3-8,11-13,29H,2,9-10,14-15H2,1H3. The molecule has 0 aliphatic heterocycles.